The van der Waals surface area contributed by atoms with Gasteiger partial charge in [-0.15, -0.1) is 0 Å². The number of primary amides is 1. The van der Waals surface area contributed by atoms with Crippen molar-refractivity contribution < 1.29 is 29.7 Å². The van der Waals surface area contributed by atoms with Gasteiger partial charge in [0.1, 0.15) is 18.2 Å². The number of rotatable bonds is 9. The molecule has 170 valence electrons. The number of amides is 2. The summed E-state index contributed by atoms with van der Waals surface area (Å²) in [5, 5.41) is 16.5. The second-order valence-corrected chi connectivity index (χ2v) is 7.44. The molecule has 3 rings (SSSR count). The maximum absolute atomic E-state index is 12.4. The normalized spacial score (nSPS) is 17.5. The number of nitrogens with two attached hydrogens (primary N) is 2. The number of carboxylic acid groups (broad SMARTS) is 1. The minimum Gasteiger partial charge on any atom is -0.491 e. The van der Waals surface area contributed by atoms with Crippen LogP contribution in [0, 0.1) is 11.3 Å². The maximum Gasteiger partial charge on any atom is 0.304 e. The van der Waals surface area contributed by atoms with Gasteiger partial charge in [0, 0.05) is 5.56 Å². The summed E-state index contributed by atoms with van der Waals surface area (Å²) < 4.78 is 5.81. The Kier molecular flexibility index (Phi) is 7.92. The van der Waals surface area contributed by atoms with Crippen LogP contribution in [0.1, 0.15) is 18.4 Å². The first-order valence-electron chi connectivity index (χ1n) is 9.73. The molecule has 1 saturated heterocycles. The number of hydrogen-bond acceptors (Lipinski definition) is 5. The molecular formula is C22H26N4O6. The van der Waals surface area contributed by atoms with Gasteiger partial charge in [-0.3, -0.25) is 19.8 Å². The Morgan fingerprint density at radius 3 is 2.12 bits per heavy atom. The van der Waals surface area contributed by atoms with Crippen LogP contribution in [0.5, 0.6) is 5.75 Å². The summed E-state index contributed by atoms with van der Waals surface area (Å²) in [6.45, 7) is -0.139. The number of amidine groups is 1. The van der Waals surface area contributed by atoms with Crippen LogP contribution in [0.2, 0.25) is 0 Å². The summed E-state index contributed by atoms with van der Waals surface area (Å²) in [6, 6.07) is 14.2. The Balaban J connectivity index is 0.00000363. The molecule has 32 heavy (non-hydrogen) atoms. The number of aliphatic carboxylic acids is 1. The predicted octanol–water partition coefficient (Wildman–Crippen LogP) is 0.369. The Morgan fingerprint density at radius 2 is 1.62 bits per heavy atom. The zero-order valence-corrected chi connectivity index (χ0v) is 17.3. The van der Waals surface area contributed by atoms with Crippen LogP contribution >= 0.6 is 0 Å². The molecule has 0 unspecified atom stereocenters. The number of carbonyl (C=O) groups is 3. The highest BCUT2D eigenvalue weighted by Gasteiger charge is 2.41. The van der Waals surface area contributed by atoms with Gasteiger partial charge in [0.2, 0.25) is 11.8 Å². The van der Waals surface area contributed by atoms with Crippen LogP contribution < -0.4 is 16.2 Å². The van der Waals surface area contributed by atoms with Crippen molar-refractivity contribution in [1.82, 2.24) is 4.90 Å². The van der Waals surface area contributed by atoms with Crippen molar-refractivity contribution >= 4 is 23.6 Å². The third kappa shape index (κ3) is 5.82. The van der Waals surface area contributed by atoms with E-state index in [1.807, 2.05) is 24.3 Å². The summed E-state index contributed by atoms with van der Waals surface area (Å²) in [5.41, 5.74) is 13.3. The lowest BCUT2D eigenvalue weighted by Gasteiger charge is -2.23. The fraction of sp³-hybridized carbons (Fsp3) is 0.273. The van der Waals surface area contributed by atoms with Gasteiger partial charge in [0.05, 0.1) is 24.9 Å². The van der Waals surface area contributed by atoms with E-state index in [2.05, 4.69) is 0 Å². The van der Waals surface area contributed by atoms with Crippen LogP contribution in [0.3, 0.4) is 0 Å². The molecule has 1 aliphatic heterocycles. The number of ether oxygens (including phenoxy) is 1. The third-order valence-electron chi connectivity index (χ3n) is 5.20. The van der Waals surface area contributed by atoms with E-state index < -0.39 is 23.8 Å². The van der Waals surface area contributed by atoms with Gasteiger partial charge >= 0.3 is 5.97 Å². The van der Waals surface area contributed by atoms with Crippen molar-refractivity contribution in [2.45, 2.75) is 18.9 Å². The maximum atomic E-state index is 12.4. The first-order chi connectivity index (χ1) is 14.7. The van der Waals surface area contributed by atoms with Crippen molar-refractivity contribution in [1.29, 1.82) is 5.41 Å². The monoisotopic (exact) mass is 442 g/mol. The second-order valence-electron chi connectivity index (χ2n) is 7.44. The van der Waals surface area contributed by atoms with Crippen LogP contribution in [-0.4, -0.2) is 58.3 Å². The summed E-state index contributed by atoms with van der Waals surface area (Å²) in [7, 11) is 0. The summed E-state index contributed by atoms with van der Waals surface area (Å²) >= 11 is 0. The van der Waals surface area contributed by atoms with E-state index in [0.29, 0.717) is 17.7 Å². The Morgan fingerprint density at radius 1 is 1.06 bits per heavy atom. The predicted molar refractivity (Wildman–Crippen MR) is 117 cm³/mol. The largest absolute Gasteiger partial charge is 0.491 e. The highest BCUT2D eigenvalue weighted by molar-refractivity contribution is 5.95. The molecule has 2 aromatic carbocycles. The van der Waals surface area contributed by atoms with E-state index in [-0.39, 0.29) is 36.8 Å². The number of nitrogens with one attached hydrogen (secondary N) is 1. The zero-order chi connectivity index (χ0) is 22.5. The molecular weight excluding hydrogens is 416 g/mol. The summed E-state index contributed by atoms with van der Waals surface area (Å²) in [4.78, 5) is 36.1. The molecule has 0 radical (unpaired) electrons. The van der Waals surface area contributed by atoms with Gasteiger partial charge in [0.25, 0.3) is 0 Å². The second kappa shape index (κ2) is 10.4. The van der Waals surface area contributed by atoms with Crippen LogP contribution in [0.25, 0.3) is 11.1 Å². The lowest BCUT2D eigenvalue weighted by Crippen LogP contribution is -2.42. The van der Waals surface area contributed by atoms with E-state index >= 15 is 0 Å². The molecule has 10 nitrogen and oxygen atoms in total. The van der Waals surface area contributed by atoms with Gasteiger partial charge in [-0.05, 0) is 29.7 Å². The molecule has 2 aromatic rings. The minimum absolute atomic E-state index is 0. The van der Waals surface area contributed by atoms with E-state index in [4.69, 9.17) is 26.7 Å². The molecule has 0 aliphatic carbocycles. The van der Waals surface area contributed by atoms with E-state index in [1.165, 1.54) is 4.90 Å². The lowest BCUT2D eigenvalue weighted by molar-refractivity contribution is -0.142. The topological polar surface area (TPSA) is 191 Å². The molecule has 0 saturated carbocycles. The minimum atomic E-state index is -1.06. The van der Waals surface area contributed by atoms with Gasteiger partial charge in [-0.25, -0.2) is 0 Å². The summed E-state index contributed by atoms with van der Waals surface area (Å²) in [6.07, 6.45) is 0.000699. The molecule has 0 bridgehead atoms. The van der Waals surface area contributed by atoms with E-state index in [9.17, 15) is 14.4 Å². The van der Waals surface area contributed by atoms with Gasteiger partial charge < -0.3 is 31.7 Å². The molecule has 1 heterocycles. The number of nitrogens with zero attached hydrogens (tertiary/aromatic N) is 1. The van der Waals surface area contributed by atoms with Gasteiger partial charge in [-0.2, -0.15) is 0 Å². The number of carbonyl (C=O) groups excluding carboxylic acids is 2. The van der Waals surface area contributed by atoms with Gasteiger partial charge in [-0.1, -0.05) is 36.4 Å². The SMILES string of the molecule is N=C(N)c1ccc(-c2ccc(OC[C@@H]3C[C@@H](CC(=O)O)C(=O)N3CC(N)=O)cc2)cc1.O. The molecule has 10 heteroatoms. The van der Waals surface area contributed by atoms with Crippen molar-refractivity contribution in [3.05, 3.63) is 54.1 Å². The van der Waals surface area contributed by atoms with Gasteiger partial charge in [0.15, 0.2) is 0 Å². The standard InChI is InChI=1S/C22H24N4O5.H2O/c23-19(27)11-26-17(9-16(22(26)30)10-20(28)29)12-31-18-7-5-14(6-8-18)13-1-3-15(4-2-13)21(24)25;/h1-8,16-17H,9-12H2,(H2,23,27)(H3,24,25)(H,28,29);1H2/t16-,17-;/m0./s1. The Hall–Kier alpha value is -3.92. The molecule has 2 atom stereocenters. The van der Waals surface area contributed by atoms with Crippen LogP contribution in [-0.2, 0) is 14.4 Å². The third-order valence-corrected chi connectivity index (χ3v) is 5.20. The zero-order valence-electron chi connectivity index (χ0n) is 17.3. The average molecular weight is 442 g/mol. The van der Waals surface area contributed by atoms with Crippen molar-refractivity contribution in [2.24, 2.45) is 17.4 Å². The summed E-state index contributed by atoms with van der Waals surface area (Å²) in [5.74, 6) is -2.21. The highest BCUT2D eigenvalue weighted by Crippen LogP contribution is 2.28. The van der Waals surface area contributed by atoms with Crippen molar-refractivity contribution in [3.8, 4) is 16.9 Å². The molecule has 8 N–H and O–H groups in total. The number of likely N-dealkylation sites (tertiary alicyclic amines) is 1. The fourth-order valence-corrected chi connectivity index (χ4v) is 3.66. The van der Waals surface area contributed by atoms with E-state index in [0.717, 1.165) is 11.1 Å². The Labute approximate surface area is 184 Å². The molecule has 0 aromatic heterocycles. The first kappa shape index (κ1) is 24.4. The average Bonchev–Trinajstić information content (AvgIpc) is 3.00. The first-order valence-corrected chi connectivity index (χ1v) is 9.73. The highest BCUT2D eigenvalue weighted by atomic mass is 16.5. The number of benzene rings is 2. The van der Waals surface area contributed by atoms with Crippen molar-refractivity contribution in [2.75, 3.05) is 13.2 Å². The number of hydrogen-bond donors (Lipinski definition) is 4. The van der Waals surface area contributed by atoms with Crippen LogP contribution in [0.4, 0.5) is 0 Å². The lowest BCUT2D eigenvalue weighted by atomic mass is 10.0. The molecule has 0 spiro atoms. The molecule has 1 fully saturated rings. The Bertz CT molecular complexity index is 990. The molecule has 1 aliphatic rings. The number of nitrogen functional groups attached to an aromatic ring is 1. The number of carboxylic acids is 1. The van der Waals surface area contributed by atoms with Crippen LogP contribution in [0.15, 0.2) is 48.5 Å². The molecule has 2 amide bonds. The fourth-order valence-electron chi connectivity index (χ4n) is 3.66. The van der Waals surface area contributed by atoms with E-state index in [1.54, 1.807) is 24.3 Å². The quantitative estimate of drug-likeness (QED) is 0.320. The van der Waals surface area contributed by atoms with Crippen molar-refractivity contribution in [3.63, 3.8) is 0 Å². The smallest absolute Gasteiger partial charge is 0.304 e.